The summed E-state index contributed by atoms with van der Waals surface area (Å²) in [5.74, 6) is 0.508. The minimum atomic E-state index is 0. The summed E-state index contributed by atoms with van der Waals surface area (Å²) in [6.45, 7) is 12.2. The fourth-order valence-electron chi connectivity index (χ4n) is 3.23. The van der Waals surface area contributed by atoms with Crippen LogP contribution in [0.25, 0.3) is 10.9 Å². The number of allylic oxidation sites excluding steroid dienone is 4. The summed E-state index contributed by atoms with van der Waals surface area (Å²) in [7, 11) is 0. The largest absolute Gasteiger partial charge is 3.00 e. The van der Waals surface area contributed by atoms with Crippen molar-refractivity contribution in [2.24, 2.45) is 5.92 Å². The van der Waals surface area contributed by atoms with Gasteiger partial charge in [0.05, 0.1) is 0 Å². The molecular formula is C20H28Cl2NTi. The van der Waals surface area contributed by atoms with E-state index >= 15 is 0 Å². The van der Waals surface area contributed by atoms with Crippen LogP contribution in [-0.4, -0.2) is 6.54 Å². The van der Waals surface area contributed by atoms with Crippen LogP contribution in [0.4, 0.5) is 0 Å². The Kier molecular flexibility index (Phi) is 13.5. The first kappa shape index (κ1) is 26.2. The summed E-state index contributed by atoms with van der Waals surface area (Å²) in [5.41, 5.74) is 7.11. The maximum Gasteiger partial charge on any atom is 3.00 e. The summed E-state index contributed by atoms with van der Waals surface area (Å²) >= 11 is 0. The SMILES string of the molecule is CCCC[N-]C(C)c1ccccc1C1=C(C)C(C)=CC1C.[Cl-].[Cl-].[Ti+3]. The van der Waals surface area contributed by atoms with E-state index in [1.165, 1.54) is 40.7 Å². The molecule has 4 heteroatoms. The first-order valence-electron chi connectivity index (χ1n) is 8.21. The first-order chi connectivity index (χ1) is 10.1. The van der Waals surface area contributed by atoms with Gasteiger partial charge in [0.25, 0.3) is 0 Å². The molecule has 0 saturated heterocycles. The zero-order valence-electron chi connectivity index (χ0n) is 15.4. The molecule has 131 valence electrons. The van der Waals surface area contributed by atoms with Gasteiger partial charge in [0.1, 0.15) is 0 Å². The molecule has 24 heavy (non-hydrogen) atoms. The average molecular weight is 401 g/mol. The van der Waals surface area contributed by atoms with Crippen molar-refractivity contribution in [3.8, 4) is 0 Å². The van der Waals surface area contributed by atoms with Crippen molar-refractivity contribution in [3.63, 3.8) is 0 Å². The maximum absolute atomic E-state index is 4.85. The van der Waals surface area contributed by atoms with Gasteiger partial charge < -0.3 is 30.1 Å². The van der Waals surface area contributed by atoms with Crippen molar-refractivity contribution in [1.82, 2.24) is 0 Å². The Morgan fingerprint density at radius 1 is 1.12 bits per heavy atom. The van der Waals surface area contributed by atoms with Crippen LogP contribution in [0.1, 0.15) is 64.6 Å². The summed E-state index contributed by atoms with van der Waals surface area (Å²) in [6, 6.07) is 9.08. The van der Waals surface area contributed by atoms with E-state index in [0.29, 0.717) is 5.92 Å². The van der Waals surface area contributed by atoms with E-state index in [-0.39, 0.29) is 52.6 Å². The Morgan fingerprint density at radius 3 is 2.29 bits per heavy atom. The Bertz CT molecular complexity index is 567. The number of benzene rings is 1. The molecule has 1 aromatic rings. The van der Waals surface area contributed by atoms with E-state index < -0.39 is 0 Å². The fourth-order valence-corrected chi connectivity index (χ4v) is 3.23. The minimum Gasteiger partial charge on any atom is -1.00 e. The van der Waals surface area contributed by atoms with Gasteiger partial charge in [0.15, 0.2) is 0 Å². The molecule has 0 saturated carbocycles. The van der Waals surface area contributed by atoms with Crippen molar-refractivity contribution < 1.29 is 46.5 Å². The summed E-state index contributed by atoms with van der Waals surface area (Å²) in [4.78, 5) is 0. The van der Waals surface area contributed by atoms with Gasteiger partial charge in [-0.05, 0) is 30.6 Å². The zero-order valence-corrected chi connectivity index (χ0v) is 18.4. The second-order valence-electron chi connectivity index (χ2n) is 6.20. The van der Waals surface area contributed by atoms with E-state index in [0.717, 1.165) is 6.54 Å². The van der Waals surface area contributed by atoms with Gasteiger partial charge in [-0.15, -0.1) is 12.6 Å². The molecule has 1 aliphatic carbocycles. The predicted octanol–water partition coefficient (Wildman–Crippen LogP) is 0.296. The third-order valence-electron chi connectivity index (χ3n) is 4.57. The van der Waals surface area contributed by atoms with Gasteiger partial charge in [-0.25, -0.2) is 0 Å². The minimum absolute atomic E-state index is 0. The molecule has 0 fully saturated rings. The van der Waals surface area contributed by atoms with Crippen LogP contribution in [0.3, 0.4) is 0 Å². The van der Waals surface area contributed by atoms with E-state index in [4.69, 9.17) is 5.32 Å². The molecule has 0 aliphatic heterocycles. The van der Waals surface area contributed by atoms with Crippen molar-refractivity contribution in [2.75, 3.05) is 6.54 Å². The first-order valence-corrected chi connectivity index (χ1v) is 8.21. The Labute approximate surface area is 175 Å². The second kappa shape index (κ2) is 12.3. The van der Waals surface area contributed by atoms with Crippen molar-refractivity contribution in [2.45, 2.75) is 53.5 Å². The molecule has 1 radical (unpaired) electrons. The predicted molar refractivity (Wildman–Crippen MR) is 93.5 cm³/mol. The number of hydrogen-bond acceptors (Lipinski definition) is 0. The molecule has 1 aliphatic rings. The van der Waals surface area contributed by atoms with Gasteiger partial charge >= 0.3 is 21.7 Å². The molecule has 0 amide bonds. The van der Waals surface area contributed by atoms with Crippen LogP contribution in [0.2, 0.25) is 0 Å². The topological polar surface area (TPSA) is 14.1 Å². The van der Waals surface area contributed by atoms with Crippen molar-refractivity contribution in [1.29, 1.82) is 0 Å². The molecule has 1 aromatic carbocycles. The molecule has 2 unspecified atom stereocenters. The van der Waals surface area contributed by atoms with E-state index in [2.05, 4.69) is 65.0 Å². The van der Waals surface area contributed by atoms with Crippen LogP contribution in [0.5, 0.6) is 0 Å². The van der Waals surface area contributed by atoms with Gasteiger partial charge in [-0.1, -0.05) is 75.1 Å². The number of hydrogen-bond donors (Lipinski definition) is 0. The van der Waals surface area contributed by atoms with E-state index in [1.807, 2.05) is 0 Å². The number of rotatable bonds is 6. The van der Waals surface area contributed by atoms with E-state index in [9.17, 15) is 0 Å². The summed E-state index contributed by atoms with van der Waals surface area (Å²) in [6.07, 6.45) is 4.77. The molecular weight excluding hydrogens is 373 g/mol. The quantitative estimate of drug-likeness (QED) is 0.481. The summed E-state index contributed by atoms with van der Waals surface area (Å²) in [5, 5.41) is 4.85. The molecule has 1 nitrogen and oxygen atoms in total. The van der Waals surface area contributed by atoms with Crippen LogP contribution in [0.15, 0.2) is 41.5 Å². The molecule has 2 atom stereocenters. The van der Waals surface area contributed by atoms with E-state index in [1.54, 1.807) is 0 Å². The molecule has 0 N–H and O–H groups in total. The maximum atomic E-state index is 4.85. The van der Waals surface area contributed by atoms with Crippen molar-refractivity contribution in [3.05, 3.63) is 57.9 Å². The standard InChI is InChI=1S/C20H28N.2ClH.Ti/c1-6-7-12-21-17(5)18-10-8-9-11-19(18)20-15(3)13-14(2)16(20)4;;;/h8-11,13,15,17H,6-7,12H2,1-5H3;2*1H;/q-1;;;+3/p-2. The van der Waals surface area contributed by atoms with Gasteiger partial charge in [-0.3, -0.25) is 0 Å². The fraction of sp³-hybridized carbons (Fsp3) is 0.500. The molecule has 0 bridgehead atoms. The normalized spacial score (nSPS) is 17.4. The number of halogens is 2. The monoisotopic (exact) mass is 400 g/mol. The smallest absolute Gasteiger partial charge is 1.00 e. The van der Waals surface area contributed by atoms with Crippen LogP contribution in [-0.2, 0) is 21.7 Å². The zero-order chi connectivity index (χ0) is 15.4. The second-order valence-corrected chi connectivity index (χ2v) is 6.20. The Hall–Kier alpha value is -0.0457. The molecule has 2 rings (SSSR count). The Morgan fingerprint density at radius 2 is 1.75 bits per heavy atom. The molecule has 0 aromatic heterocycles. The van der Waals surface area contributed by atoms with Crippen LogP contribution >= 0.6 is 0 Å². The third-order valence-corrected chi connectivity index (χ3v) is 4.57. The molecule has 0 heterocycles. The van der Waals surface area contributed by atoms with Gasteiger partial charge in [0, 0.05) is 5.92 Å². The van der Waals surface area contributed by atoms with Gasteiger partial charge in [-0.2, -0.15) is 0 Å². The van der Waals surface area contributed by atoms with Crippen LogP contribution in [0, 0.1) is 5.92 Å². The summed E-state index contributed by atoms with van der Waals surface area (Å²) < 4.78 is 0. The molecule has 0 spiro atoms. The average Bonchev–Trinajstić information content (AvgIpc) is 2.72. The van der Waals surface area contributed by atoms with Crippen molar-refractivity contribution >= 4 is 5.57 Å². The number of nitrogens with zero attached hydrogens (tertiary/aromatic N) is 1. The number of unbranched alkanes of at least 4 members (excludes halogenated alkanes) is 1. The van der Waals surface area contributed by atoms with Crippen LogP contribution < -0.4 is 24.8 Å². The van der Waals surface area contributed by atoms with Gasteiger partial charge in [0.2, 0.25) is 0 Å². The third kappa shape index (κ3) is 6.04. The Balaban J connectivity index is 0.